The number of allylic oxidation sites excluding steroid dienone is 1. The second-order valence-electron chi connectivity index (χ2n) is 4.06. The predicted octanol–water partition coefficient (Wildman–Crippen LogP) is 4.39. The smallest absolute Gasteiger partial charge is 0.0102 e. The maximum Gasteiger partial charge on any atom is -0.0102 e. The van der Waals surface area contributed by atoms with E-state index in [1.807, 2.05) is 0 Å². The van der Waals surface area contributed by atoms with Gasteiger partial charge >= 0.3 is 0 Å². The molecule has 0 aliphatic heterocycles. The first-order chi connectivity index (χ1) is 6.66. The minimum atomic E-state index is 0.572. The Morgan fingerprint density at radius 3 is 2.29 bits per heavy atom. The Hall–Kier alpha value is -1.04. The molecular weight excluding hydrogens is 168 g/mol. The van der Waals surface area contributed by atoms with Crippen LogP contribution in [0.4, 0.5) is 0 Å². The molecule has 0 spiro atoms. The van der Waals surface area contributed by atoms with Crippen molar-refractivity contribution in [1.29, 1.82) is 0 Å². The average molecular weight is 188 g/mol. The minimum absolute atomic E-state index is 0.572. The molecule has 0 aliphatic rings. The van der Waals surface area contributed by atoms with Crippen LogP contribution in [-0.2, 0) is 0 Å². The number of benzene rings is 1. The lowest BCUT2D eigenvalue weighted by Crippen LogP contribution is -2.09. The van der Waals surface area contributed by atoms with Gasteiger partial charge in [0.15, 0.2) is 0 Å². The summed E-state index contributed by atoms with van der Waals surface area (Å²) < 4.78 is 0. The van der Waals surface area contributed by atoms with Crippen LogP contribution in [0, 0.1) is 5.92 Å². The first kappa shape index (κ1) is 11.0. The zero-order valence-electron chi connectivity index (χ0n) is 9.46. The van der Waals surface area contributed by atoms with E-state index < -0.39 is 0 Å². The molecule has 76 valence electrons. The first-order valence-corrected chi connectivity index (χ1v) is 5.37. The summed E-state index contributed by atoms with van der Waals surface area (Å²) in [7, 11) is 0. The molecule has 1 rings (SSSR count). The molecule has 1 aromatic rings. The highest BCUT2D eigenvalue weighted by molar-refractivity contribution is 5.22. The summed E-state index contributed by atoms with van der Waals surface area (Å²) in [5, 5.41) is 0. The van der Waals surface area contributed by atoms with Crippen molar-refractivity contribution < 1.29 is 0 Å². The average Bonchev–Trinajstić information content (AvgIpc) is 2.20. The normalized spacial score (nSPS) is 14.8. The van der Waals surface area contributed by atoms with E-state index in [0.717, 1.165) is 0 Å². The maximum atomic E-state index is 4.05. The van der Waals surface area contributed by atoms with Crippen LogP contribution in [-0.4, -0.2) is 0 Å². The fraction of sp³-hybridized carbons (Fsp3) is 0.429. The van der Waals surface area contributed by atoms with Gasteiger partial charge in [-0.3, -0.25) is 0 Å². The van der Waals surface area contributed by atoms with E-state index in [0.29, 0.717) is 11.8 Å². The summed E-state index contributed by atoms with van der Waals surface area (Å²) in [4.78, 5) is 0. The van der Waals surface area contributed by atoms with E-state index >= 15 is 0 Å². The molecule has 2 atom stereocenters. The van der Waals surface area contributed by atoms with Crippen molar-refractivity contribution in [3.8, 4) is 0 Å². The molecule has 0 bridgehead atoms. The lowest BCUT2D eigenvalue weighted by Gasteiger charge is -2.23. The Morgan fingerprint density at radius 1 is 1.29 bits per heavy atom. The zero-order chi connectivity index (χ0) is 10.6. The van der Waals surface area contributed by atoms with Crippen molar-refractivity contribution >= 4 is 0 Å². The molecule has 0 N–H and O–H groups in total. The highest BCUT2D eigenvalue weighted by Gasteiger charge is 2.17. The molecule has 0 amide bonds. The molecule has 0 saturated heterocycles. The van der Waals surface area contributed by atoms with Crippen LogP contribution in [0.1, 0.15) is 38.7 Å². The molecule has 0 nitrogen and oxygen atoms in total. The van der Waals surface area contributed by atoms with E-state index in [-0.39, 0.29) is 0 Å². The third kappa shape index (κ3) is 2.47. The van der Waals surface area contributed by atoms with Crippen molar-refractivity contribution in [3.05, 3.63) is 48.0 Å². The van der Waals surface area contributed by atoms with Gasteiger partial charge in [0.25, 0.3) is 0 Å². The van der Waals surface area contributed by atoms with Gasteiger partial charge in [-0.25, -0.2) is 0 Å². The van der Waals surface area contributed by atoms with Crippen LogP contribution in [0.25, 0.3) is 0 Å². The van der Waals surface area contributed by atoms with Crippen molar-refractivity contribution in [2.24, 2.45) is 5.92 Å². The maximum absolute atomic E-state index is 4.05. The van der Waals surface area contributed by atoms with Gasteiger partial charge in [0.1, 0.15) is 0 Å². The number of rotatable bonds is 4. The van der Waals surface area contributed by atoms with E-state index in [4.69, 9.17) is 0 Å². The van der Waals surface area contributed by atoms with Gasteiger partial charge in [0, 0.05) is 0 Å². The van der Waals surface area contributed by atoms with Crippen LogP contribution in [0.15, 0.2) is 42.5 Å². The summed E-state index contributed by atoms with van der Waals surface area (Å²) in [6, 6.07) is 10.7. The molecule has 0 saturated carbocycles. The molecule has 0 aromatic heterocycles. The van der Waals surface area contributed by atoms with E-state index in [1.54, 1.807) is 0 Å². The molecule has 2 unspecified atom stereocenters. The van der Waals surface area contributed by atoms with Gasteiger partial charge in [0.2, 0.25) is 0 Å². The van der Waals surface area contributed by atoms with Gasteiger partial charge < -0.3 is 0 Å². The van der Waals surface area contributed by atoms with Gasteiger partial charge in [0.05, 0.1) is 0 Å². The summed E-state index contributed by atoms with van der Waals surface area (Å²) in [5.41, 5.74) is 2.71. The highest BCUT2D eigenvalue weighted by Crippen LogP contribution is 2.31. The van der Waals surface area contributed by atoms with Crippen LogP contribution < -0.4 is 0 Å². The molecule has 0 heteroatoms. The summed E-state index contributed by atoms with van der Waals surface area (Å²) in [6.07, 6.45) is 1.18. The Labute approximate surface area is 87.7 Å². The second-order valence-corrected chi connectivity index (χ2v) is 4.06. The molecule has 1 aromatic carbocycles. The number of hydrogen-bond acceptors (Lipinski definition) is 0. The van der Waals surface area contributed by atoms with Crippen LogP contribution in [0.3, 0.4) is 0 Å². The quantitative estimate of drug-likeness (QED) is 0.615. The number of hydrogen-bond donors (Lipinski definition) is 0. The molecule has 0 aliphatic carbocycles. The minimum Gasteiger partial charge on any atom is -0.0998 e. The van der Waals surface area contributed by atoms with Gasteiger partial charge in [-0.05, 0) is 30.7 Å². The van der Waals surface area contributed by atoms with Crippen LogP contribution >= 0.6 is 0 Å². The summed E-state index contributed by atoms with van der Waals surface area (Å²) >= 11 is 0. The monoisotopic (exact) mass is 188 g/mol. The molecule has 0 radical (unpaired) electrons. The van der Waals surface area contributed by atoms with Crippen molar-refractivity contribution in [1.82, 2.24) is 0 Å². The van der Waals surface area contributed by atoms with Crippen molar-refractivity contribution in [2.45, 2.75) is 33.1 Å². The molecule has 0 fully saturated rings. The fourth-order valence-electron chi connectivity index (χ4n) is 1.92. The summed E-state index contributed by atoms with van der Waals surface area (Å²) in [5.74, 6) is 1.19. The van der Waals surface area contributed by atoms with Gasteiger partial charge in [-0.1, -0.05) is 56.3 Å². The SMILES string of the molecule is C=C(C)C(C)C(CC)c1ccccc1. The topological polar surface area (TPSA) is 0 Å². The van der Waals surface area contributed by atoms with E-state index in [1.165, 1.54) is 17.6 Å². The van der Waals surface area contributed by atoms with E-state index in [9.17, 15) is 0 Å². The first-order valence-electron chi connectivity index (χ1n) is 5.37. The molecular formula is C14H20. The Morgan fingerprint density at radius 2 is 1.86 bits per heavy atom. The Kier molecular flexibility index (Phi) is 3.94. The van der Waals surface area contributed by atoms with Gasteiger partial charge in [-0.15, -0.1) is 0 Å². The lowest BCUT2D eigenvalue weighted by atomic mass is 9.82. The molecule has 0 heterocycles. The fourth-order valence-corrected chi connectivity index (χ4v) is 1.92. The Balaban J connectivity index is 2.87. The second kappa shape index (κ2) is 4.99. The predicted molar refractivity (Wildman–Crippen MR) is 63.5 cm³/mol. The van der Waals surface area contributed by atoms with Crippen molar-refractivity contribution in [3.63, 3.8) is 0 Å². The largest absolute Gasteiger partial charge is 0.0998 e. The standard InChI is InChI=1S/C14H20/c1-5-14(12(4)11(2)3)13-9-7-6-8-10-13/h6-10,12,14H,2,5H2,1,3-4H3. The lowest BCUT2D eigenvalue weighted by molar-refractivity contribution is 0.508. The highest BCUT2D eigenvalue weighted by atomic mass is 14.2. The Bertz CT molecular complexity index is 284. The van der Waals surface area contributed by atoms with E-state index in [2.05, 4.69) is 57.7 Å². The third-order valence-electron chi connectivity index (χ3n) is 3.05. The van der Waals surface area contributed by atoms with Crippen LogP contribution in [0.2, 0.25) is 0 Å². The van der Waals surface area contributed by atoms with Crippen molar-refractivity contribution in [2.75, 3.05) is 0 Å². The third-order valence-corrected chi connectivity index (χ3v) is 3.05. The van der Waals surface area contributed by atoms with Crippen LogP contribution in [0.5, 0.6) is 0 Å². The van der Waals surface area contributed by atoms with Gasteiger partial charge in [-0.2, -0.15) is 0 Å². The zero-order valence-corrected chi connectivity index (χ0v) is 9.46. The summed E-state index contributed by atoms with van der Waals surface area (Å²) in [6.45, 7) is 10.7. The molecule has 14 heavy (non-hydrogen) atoms.